The van der Waals surface area contributed by atoms with Crippen LogP contribution < -0.4 is 10.9 Å². The van der Waals surface area contributed by atoms with Crippen molar-refractivity contribution in [2.24, 2.45) is 0 Å². The Balaban J connectivity index is 1.64. The number of thiophene rings is 1. The largest absolute Gasteiger partial charge is 0.459 e. The number of rotatable bonds is 4. The second-order valence-corrected chi connectivity index (χ2v) is 7.47. The molecule has 2 amide bonds. The first kappa shape index (κ1) is 17.4. The summed E-state index contributed by atoms with van der Waals surface area (Å²) in [6.07, 6.45) is 1.39. The number of amides is 2. The topological polar surface area (TPSA) is 97.1 Å². The molecular formula is C16H16N4O3S2. The van der Waals surface area contributed by atoms with Crippen molar-refractivity contribution in [3.63, 3.8) is 0 Å². The van der Waals surface area contributed by atoms with E-state index in [0.29, 0.717) is 5.82 Å². The Morgan fingerprint density at radius 3 is 2.76 bits per heavy atom. The van der Waals surface area contributed by atoms with E-state index < -0.39 is 5.91 Å². The number of fused-ring (bicyclic) bond motifs is 1. The van der Waals surface area contributed by atoms with Gasteiger partial charge in [0.15, 0.2) is 5.76 Å². The minimum Gasteiger partial charge on any atom is -0.459 e. The monoisotopic (exact) mass is 376 g/mol. The zero-order valence-electron chi connectivity index (χ0n) is 13.9. The molecule has 0 aromatic carbocycles. The average Bonchev–Trinajstić information content (AvgIpc) is 3.19. The lowest BCUT2D eigenvalue weighted by atomic mass is 10.2. The van der Waals surface area contributed by atoms with E-state index in [9.17, 15) is 9.59 Å². The molecule has 3 rings (SSSR count). The van der Waals surface area contributed by atoms with Crippen molar-refractivity contribution in [2.45, 2.75) is 25.8 Å². The van der Waals surface area contributed by atoms with Gasteiger partial charge in [-0.05, 0) is 38.5 Å². The number of aromatic nitrogens is 2. The van der Waals surface area contributed by atoms with Gasteiger partial charge in [0.2, 0.25) is 5.91 Å². The van der Waals surface area contributed by atoms with Crippen molar-refractivity contribution >= 4 is 45.1 Å². The molecule has 3 heterocycles. The van der Waals surface area contributed by atoms with Crippen molar-refractivity contribution < 1.29 is 14.0 Å². The molecule has 0 fully saturated rings. The van der Waals surface area contributed by atoms with Gasteiger partial charge >= 0.3 is 5.91 Å². The lowest BCUT2D eigenvalue weighted by Gasteiger charge is -2.07. The predicted octanol–water partition coefficient (Wildman–Crippen LogP) is 2.76. The molecule has 2 N–H and O–H groups in total. The van der Waals surface area contributed by atoms with Crippen LogP contribution in [0.5, 0.6) is 0 Å². The third kappa shape index (κ3) is 3.83. The highest BCUT2D eigenvalue weighted by atomic mass is 32.2. The highest BCUT2D eigenvalue weighted by Gasteiger charge is 2.15. The molecule has 130 valence electrons. The third-order valence-electron chi connectivity index (χ3n) is 3.51. The second kappa shape index (κ2) is 7.24. The second-order valence-electron chi connectivity index (χ2n) is 5.31. The lowest BCUT2D eigenvalue weighted by Crippen LogP contribution is -2.42. The molecule has 0 unspecified atom stereocenters. The van der Waals surface area contributed by atoms with Crippen LogP contribution in [0.3, 0.4) is 0 Å². The van der Waals surface area contributed by atoms with Crippen LogP contribution in [0.2, 0.25) is 0 Å². The van der Waals surface area contributed by atoms with Gasteiger partial charge in [-0.3, -0.25) is 20.4 Å². The van der Waals surface area contributed by atoms with Gasteiger partial charge in [-0.1, -0.05) is 11.8 Å². The lowest BCUT2D eigenvalue weighted by molar-refractivity contribution is -0.119. The van der Waals surface area contributed by atoms with Crippen LogP contribution in [-0.2, 0) is 4.79 Å². The summed E-state index contributed by atoms with van der Waals surface area (Å²) in [6.45, 7) is 5.90. The SMILES string of the molecule is Cc1nc(SCC(=O)NNC(=O)c2ccco2)c2c(C)c(C)sc2n1. The van der Waals surface area contributed by atoms with Crippen molar-refractivity contribution in [3.8, 4) is 0 Å². The van der Waals surface area contributed by atoms with E-state index >= 15 is 0 Å². The summed E-state index contributed by atoms with van der Waals surface area (Å²) in [7, 11) is 0. The Labute approximate surface area is 152 Å². The molecule has 0 radical (unpaired) electrons. The van der Waals surface area contributed by atoms with Crippen LogP contribution in [-0.4, -0.2) is 27.5 Å². The van der Waals surface area contributed by atoms with Crippen LogP contribution in [0.15, 0.2) is 27.8 Å². The van der Waals surface area contributed by atoms with Gasteiger partial charge in [0.1, 0.15) is 15.7 Å². The van der Waals surface area contributed by atoms with E-state index in [1.165, 1.54) is 29.0 Å². The van der Waals surface area contributed by atoms with Crippen LogP contribution in [0.1, 0.15) is 26.8 Å². The first-order chi connectivity index (χ1) is 12.0. The number of aryl methyl sites for hydroxylation is 3. The molecule has 0 saturated carbocycles. The van der Waals surface area contributed by atoms with E-state index in [-0.39, 0.29) is 17.4 Å². The molecule has 0 atom stereocenters. The van der Waals surface area contributed by atoms with Crippen LogP contribution in [0.25, 0.3) is 10.2 Å². The van der Waals surface area contributed by atoms with Gasteiger partial charge in [-0.15, -0.1) is 11.3 Å². The van der Waals surface area contributed by atoms with Gasteiger partial charge in [0, 0.05) is 10.3 Å². The summed E-state index contributed by atoms with van der Waals surface area (Å²) in [4.78, 5) is 34.7. The van der Waals surface area contributed by atoms with E-state index in [4.69, 9.17) is 4.42 Å². The van der Waals surface area contributed by atoms with Crippen LogP contribution in [0.4, 0.5) is 0 Å². The molecule has 25 heavy (non-hydrogen) atoms. The number of hydrogen-bond acceptors (Lipinski definition) is 7. The number of carbonyl (C=O) groups excluding carboxylic acids is 2. The minimum absolute atomic E-state index is 0.123. The molecule has 0 spiro atoms. The summed E-state index contributed by atoms with van der Waals surface area (Å²) in [6, 6.07) is 3.11. The van der Waals surface area contributed by atoms with Crippen molar-refractivity contribution in [1.29, 1.82) is 0 Å². The highest BCUT2D eigenvalue weighted by molar-refractivity contribution is 8.00. The fraction of sp³-hybridized carbons (Fsp3) is 0.250. The molecule has 0 bridgehead atoms. The van der Waals surface area contributed by atoms with Crippen LogP contribution >= 0.6 is 23.1 Å². The minimum atomic E-state index is -0.507. The van der Waals surface area contributed by atoms with Crippen molar-refractivity contribution in [1.82, 2.24) is 20.8 Å². The number of hydrazine groups is 1. The summed E-state index contributed by atoms with van der Waals surface area (Å²) < 4.78 is 4.95. The van der Waals surface area contributed by atoms with Gasteiger partial charge in [-0.25, -0.2) is 9.97 Å². The number of nitrogens with zero attached hydrogens (tertiary/aromatic N) is 2. The molecule has 0 saturated heterocycles. The van der Waals surface area contributed by atoms with Gasteiger partial charge < -0.3 is 4.42 Å². The zero-order valence-corrected chi connectivity index (χ0v) is 15.5. The number of nitrogens with one attached hydrogen (secondary N) is 2. The van der Waals surface area contributed by atoms with Crippen molar-refractivity contribution in [2.75, 3.05) is 5.75 Å². The predicted molar refractivity (Wildman–Crippen MR) is 96.7 cm³/mol. The van der Waals surface area contributed by atoms with Gasteiger partial charge in [0.05, 0.1) is 12.0 Å². The maximum absolute atomic E-state index is 12.0. The molecule has 3 aromatic rings. The summed E-state index contributed by atoms with van der Waals surface area (Å²) in [5.41, 5.74) is 5.81. The maximum atomic E-state index is 12.0. The molecular weight excluding hydrogens is 360 g/mol. The van der Waals surface area contributed by atoms with Crippen LogP contribution in [0, 0.1) is 20.8 Å². The van der Waals surface area contributed by atoms with E-state index in [2.05, 4.69) is 20.8 Å². The Hall–Kier alpha value is -2.39. The molecule has 0 aliphatic heterocycles. The van der Waals surface area contributed by atoms with E-state index in [1.807, 2.05) is 20.8 Å². The number of furan rings is 1. The first-order valence-corrected chi connectivity index (χ1v) is 9.25. The van der Waals surface area contributed by atoms with Crippen molar-refractivity contribution in [3.05, 3.63) is 40.4 Å². The van der Waals surface area contributed by atoms with E-state index in [1.54, 1.807) is 17.4 Å². The molecule has 0 aliphatic rings. The number of thioether (sulfide) groups is 1. The Morgan fingerprint density at radius 2 is 2.04 bits per heavy atom. The average molecular weight is 376 g/mol. The van der Waals surface area contributed by atoms with Gasteiger partial charge in [-0.2, -0.15) is 0 Å². The fourth-order valence-electron chi connectivity index (χ4n) is 2.18. The van der Waals surface area contributed by atoms with Gasteiger partial charge in [0.25, 0.3) is 0 Å². The zero-order chi connectivity index (χ0) is 18.0. The van der Waals surface area contributed by atoms with E-state index in [0.717, 1.165) is 20.8 Å². The third-order valence-corrected chi connectivity index (χ3v) is 5.58. The standard InChI is InChI=1S/C16H16N4O3S2/c1-8-9(2)25-16-13(8)15(17-10(3)18-16)24-7-12(21)19-20-14(22)11-5-4-6-23-11/h4-6H,7H2,1-3H3,(H,19,21)(H,20,22). The Morgan fingerprint density at radius 1 is 1.24 bits per heavy atom. The quantitative estimate of drug-likeness (QED) is 0.413. The molecule has 3 aromatic heterocycles. The smallest absolute Gasteiger partial charge is 0.305 e. The normalized spacial score (nSPS) is 10.8. The Kier molecular flexibility index (Phi) is 5.05. The first-order valence-electron chi connectivity index (χ1n) is 7.45. The number of carbonyl (C=O) groups is 2. The number of hydrogen-bond donors (Lipinski definition) is 2. The summed E-state index contributed by atoms with van der Waals surface area (Å²) in [5, 5.41) is 1.77. The maximum Gasteiger partial charge on any atom is 0.305 e. The molecule has 7 nitrogen and oxygen atoms in total. The summed E-state index contributed by atoms with van der Waals surface area (Å²) in [5.74, 6) is 0.0818. The molecule has 0 aliphatic carbocycles. The molecule has 9 heteroatoms. The Bertz CT molecular complexity index is 935. The highest BCUT2D eigenvalue weighted by Crippen LogP contribution is 2.34. The fourth-order valence-corrected chi connectivity index (χ4v) is 4.25. The summed E-state index contributed by atoms with van der Waals surface area (Å²) >= 11 is 2.94.